The number of rotatable bonds is 5. The molecule has 0 unspecified atom stereocenters. The number of anilines is 3. The molecule has 1 fully saturated rings. The molecule has 4 N–H and O–H groups in total. The second-order valence-electron chi connectivity index (χ2n) is 6.78. The van der Waals surface area contributed by atoms with Crippen LogP contribution in [0.2, 0.25) is 0 Å². The SMILES string of the molecule is CNc1cc(N(C)CC#N)c(C(=O)NC2CCC(C(F)(F)F)CC2)cc1N. The molecule has 0 bridgehead atoms. The number of alkyl halides is 3. The summed E-state index contributed by atoms with van der Waals surface area (Å²) in [7, 11) is 3.37. The molecule has 1 aromatic carbocycles. The van der Waals surface area contributed by atoms with E-state index in [2.05, 4.69) is 10.6 Å². The van der Waals surface area contributed by atoms with Crippen LogP contribution in [0.3, 0.4) is 0 Å². The van der Waals surface area contributed by atoms with E-state index in [1.807, 2.05) is 6.07 Å². The number of nitrogen functional groups attached to an aromatic ring is 1. The van der Waals surface area contributed by atoms with Gasteiger partial charge in [0, 0.05) is 20.1 Å². The smallest absolute Gasteiger partial charge is 0.391 e. The number of carbonyl (C=O) groups excluding carboxylic acids is 1. The minimum Gasteiger partial charge on any atom is -0.397 e. The fourth-order valence-corrected chi connectivity index (χ4v) is 3.34. The molecule has 0 radical (unpaired) electrons. The van der Waals surface area contributed by atoms with E-state index >= 15 is 0 Å². The highest BCUT2D eigenvalue weighted by Crippen LogP contribution is 2.37. The van der Waals surface area contributed by atoms with Crippen LogP contribution in [0.1, 0.15) is 36.0 Å². The maximum Gasteiger partial charge on any atom is 0.391 e. The molecule has 0 aromatic heterocycles. The van der Waals surface area contributed by atoms with Crippen LogP contribution >= 0.6 is 0 Å². The molecule has 0 atom stereocenters. The van der Waals surface area contributed by atoms with E-state index in [1.54, 1.807) is 25.1 Å². The summed E-state index contributed by atoms with van der Waals surface area (Å²) in [6.07, 6.45) is -3.60. The molecule has 148 valence electrons. The third kappa shape index (κ3) is 4.96. The van der Waals surface area contributed by atoms with Gasteiger partial charge < -0.3 is 21.3 Å². The van der Waals surface area contributed by atoms with E-state index in [0.29, 0.717) is 22.6 Å². The summed E-state index contributed by atoms with van der Waals surface area (Å²) in [5.41, 5.74) is 7.77. The summed E-state index contributed by atoms with van der Waals surface area (Å²) in [5, 5.41) is 14.7. The molecule has 2 rings (SSSR count). The number of amides is 1. The van der Waals surface area contributed by atoms with Gasteiger partial charge in [0.05, 0.1) is 34.6 Å². The van der Waals surface area contributed by atoms with Crippen molar-refractivity contribution in [1.82, 2.24) is 5.32 Å². The van der Waals surface area contributed by atoms with E-state index in [0.717, 1.165) is 0 Å². The first-order chi connectivity index (χ1) is 12.7. The van der Waals surface area contributed by atoms with Gasteiger partial charge in [-0.1, -0.05) is 0 Å². The number of benzene rings is 1. The number of carbonyl (C=O) groups is 1. The molecule has 1 saturated carbocycles. The minimum absolute atomic E-state index is 0.0104. The number of nitriles is 1. The van der Waals surface area contributed by atoms with Gasteiger partial charge >= 0.3 is 6.18 Å². The van der Waals surface area contributed by atoms with Gasteiger partial charge in [-0.3, -0.25) is 4.79 Å². The summed E-state index contributed by atoms with van der Waals surface area (Å²) < 4.78 is 38.4. The number of nitrogens with zero attached hydrogens (tertiary/aromatic N) is 2. The number of halogens is 3. The van der Waals surface area contributed by atoms with Crippen LogP contribution in [0.4, 0.5) is 30.2 Å². The van der Waals surface area contributed by atoms with Gasteiger partial charge in [0.25, 0.3) is 5.91 Å². The van der Waals surface area contributed by atoms with Crippen molar-refractivity contribution in [3.63, 3.8) is 0 Å². The molecule has 1 aliphatic carbocycles. The Labute approximate surface area is 156 Å². The summed E-state index contributed by atoms with van der Waals surface area (Å²) in [5.74, 6) is -1.70. The summed E-state index contributed by atoms with van der Waals surface area (Å²) in [6.45, 7) is 0.0735. The first-order valence-electron chi connectivity index (χ1n) is 8.74. The van der Waals surface area contributed by atoms with Gasteiger partial charge in [-0.05, 0) is 37.8 Å². The predicted molar refractivity (Wildman–Crippen MR) is 98.6 cm³/mol. The van der Waals surface area contributed by atoms with Crippen LogP contribution in [0, 0.1) is 17.2 Å². The average molecular weight is 383 g/mol. The Morgan fingerprint density at radius 1 is 1.33 bits per heavy atom. The van der Waals surface area contributed by atoms with Crippen molar-refractivity contribution in [2.45, 2.75) is 37.9 Å². The van der Waals surface area contributed by atoms with Crippen molar-refractivity contribution in [3.8, 4) is 6.07 Å². The Balaban J connectivity index is 2.16. The fourth-order valence-electron chi connectivity index (χ4n) is 3.34. The normalized spacial score (nSPS) is 19.9. The number of nitrogens with two attached hydrogens (primary N) is 1. The topological polar surface area (TPSA) is 94.2 Å². The number of hydrogen-bond acceptors (Lipinski definition) is 5. The fraction of sp³-hybridized carbons (Fsp3) is 0.556. The molecule has 1 aliphatic rings. The summed E-state index contributed by atoms with van der Waals surface area (Å²) in [6, 6.07) is 4.91. The molecule has 6 nitrogen and oxygen atoms in total. The first-order valence-corrected chi connectivity index (χ1v) is 8.74. The van der Waals surface area contributed by atoms with E-state index in [1.165, 1.54) is 6.07 Å². The maximum absolute atomic E-state index is 12.8. The molecule has 27 heavy (non-hydrogen) atoms. The van der Waals surface area contributed by atoms with Crippen molar-refractivity contribution in [3.05, 3.63) is 17.7 Å². The molecule has 1 aromatic rings. The lowest BCUT2D eigenvalue weighted by Gasteiger charge is -2.30. The highest BCUT2D eigenvalue weighted by molar-refractivity contribution is 6.02. The largest absolute Gasteiger partial charge is 0.397 e. The van der Waals surface area contributed by atoms with Crippen LogP contribution in [0.15, 0.2) is 12.1 Å². The zero-order chi connectivity index (χ0) is 20.2. The Morgan fingerprint density at radius 3 is 2.48 bits per heavy atom. The quantitative estimate of drug-likeness (QED) is 0.536. The van der Waals surface area contributed by atoms with Crippen LogP contribution in [0.25, 0.3) is 0 Å². The monoisotopic (exact) mass is 383 g/mol. The van der Waals surface area contributed by atoms with E-state index in [9.17, 15) is 18.0 Å². The third-order valence-electron chi connectivity index (χ3n) is 4.93. The van der Waals surface area contributed by atoms with E-state index < -0.39 is 18.0 Å². The lowest BCUT2D eigenvalue weighted by molar-refractivity contribution is -0.182. The van der Waals surface area contributed by atoms with Gasteiger partial charge in [0.15, 0.2) is 0 Å². The number of hydrogen-bond donors (Lipinski definition) is 3. The lowest BCUT2D eigenvalue weighted by atomic mass is 9.85. The van der Waals surface area contributed by atoms with Crippen LogP contribution in [-0.4, -0.2) is 38.8 Å². The lowest BCUT2D eigenvalue weighted by Crippen LogP contribution is -2.40. The van der Waals surface area contributed by atoms with Gasteiger partial charge in [0.1, 0.15) is 6.54 Å². The van der Waals surface area contributed by atoms with Crippen molar-refractivity contribution in [1.29, 1.82) is 5.26 Å². The third-order valence-corrected chi connectivity index (χ3v) is 4.93. The number of nitrogens with one attached hydrogen (secondary N) is 2. The zero-order valence-corrected chi connectivity index (χ0v) is 15.4. The molecule has 0 saturated heterocycles. The Hall–Kier alpha value is -2.63. The molecule has 0 spiro atoms. The van der Waals surface area contributed by atoms with Gasteiger partial charge in [-0.25, -0.2) is 0 Å². The Morgan fingerprint density at radius 2 is 1.96 bits per heavy atom. The molecule has 1 amide bonds. The predicted octanol–water partition coefficient (Wildman–Crippen LogP) is 3.12. The first kappa shape index (κ1) is 20.7. The van der Waals surface area contributed by atoms with Crippen LogP contribution in [-0.2, 0) is 0 Å². The van der Waals surface area contributed by atoms with Crippen LogP contribution in [0.5, 0.6) is 0 Å². The standard InChI is InChI=1S/C18H24F3N5O/c1-24-15-10-16(26(2)8-7-22)13(9-14(15)23)17(27)25-12-5-3-11(4-6-12)18(19,20)21/h9-12,24H,3-6,8,23H2,1-2H3,(H,25,27). The second-order valence-corrected chi connectivity index (χ2v) is 6.78. The second kappa shape index (κ2) is 8.37. The van der Waals surface area contributed by atoms with Crippen molar-refractivity contribution >= 4 is 23.0 Å². The van der Waals surface area contributed by atoms with Gasteiger partial charge in [-0.15, -0.1) is 0 Å². The Bertz CT molecular complexity index is 721. The van der Waals surface area contributed by atoms with E-state index in [4.69, 9.17) is 11.0 Å². The van der Waals surface area contributed by atoms with Crippen molar-refractivity contribution in [2.75, 3.05) is 36.6 Å². The van der Waals surface area contributed by atoms with Crippen molar-refractivity contribution in [2.24, 2.45) is 5.92 Å². The summed E-state index contributed by atoms with van der Waals surface area (Å²) >= 11 is 0. The van der Waals surface area contributed by atoms with Gasteiger partial charge in [0.2, 0.25) is 0 Å². The van der Waals surface area contributed by atoms with Gasteiger partial charge in [-0.2, -0.15) is 18.4 Å². The molecular weight excluding hydrogens is 359 g/mol. The highest BCUT2D eigenvalue weighted by atomic mass is 19.4. The maximum atomic E-state index is 12.8. The van der Waals surface area contributed by atoms with Crippen molar-refractivity contribution < 1.29 is 18.0 Å². The molecule has 0 heterocycles. The molecule has 9 heteroatoms. The zero-order valence-electron chi connectivity index (χ0n) is 15.4. The molecule has 0 aliphatic heterocycles. The highest BCUT2D eigenvalue weighted by Gasteiger charge is 2.41. The Kier molecular flexibility index (Phi) is 6.41. The summed E-state index contributed by atoms with van der Waals surface area (Å²) in [4.78, 5) is 14.4. The average Bonchev–Trinajstić information content (AvgIpc) is 2.61. The van der Waals surface area contributed by atoms with Crippen LogP contribution < -0.4 is 21.3 Å². The minimum atomic E-state index is -4.18. The van der Waals surface area contributed by atoms with E-state index in [-0.39, 0.29) is 38.3 Å². The molecular formula is C18H24F3N5O.